The lowest BCUT2D eigenvalue weighted by Crippen LogP contribution is -2.49. The second-order valence-electron chi connectivity index (χ2n) is 7.12. The van der Waals surface area contributed by atoms with E-state index in [2.05, 4.69) is 26.1 Å². The molecule has 1 saturated carbocycles. The van der Waals surface area contributed by atoms with Crippen molar-refractivity contribution in [2.75, 3.05) is 5.75 Å². The van der Waals surface area contributed by atoms with Crippen LogP contribution in [0.5, 0.6) is 0 Å². The summed E-state index contributed by atoms with van der Waals surface area (Å²) in [6.07, 6.45) is 5.85. The molecule has 1 aliphatic carbocycles. The van der Waals surface area contributed by atoms with Gasteiger partial charge < -0.3 is 5.11 Å². The highest BCUT2D eigenvalue weighted by Crippen LogP contribution is 2.42. The molecule has 0 amide bonds. The number of carbonyl (C=O) groups is 1. The van der Waals surface area contributed by atoms with Crippen molar-refractivity contribution < 1.29 is 9.90 Å². The van der Waals surface area contributed by atoms with E-state index in [1.54, 1.807) is 0 Å². The van der Waals surface area contributed by atoms with Crippen molar-refractivity contribution in [1.29, 1.82) is 0 Å². The number of hydrogen-bond donors (Lipinski definition) is 2. The average molecular weight is 285 g/mol. The van der Waals surface area contributed by atoms with Crippen LogP contribution in [0.2, 0.25) is 0 Å². The largest absolute Gasteiger partial charge is 0.480 e. The first-order valence-electron chi connectivity index (χ1n) is 7.48. The van der Waals surface area contributed by atoms with Crippen LogP contribution in [0.4, 0.5) is 0 Å². The van der Waals surface area contributed by atoms with Crippen LogP contribution in [-0.4, -0.2) is 28.2 Å². The molecule has 0 aromatic carbocycles. The first-order valence-corrected chi connectivity index (χ1v) is 8.53. The molecule has 1 heterocycles. The Hall–Kier alpha value is -0.220. The number of carboxylic acids is 1. The molecule has 19 heavy (non-hydrogen) atoms. The lowest BCUT2D eigenvalue weighted by molar-refractivity contribution is -0.139. The second kappa shape index (κ2) is 6.04. The molecule has 4 heteroatoms. The molecular weight excluding hydrogens is 258 g/mol. The summed E-state index contributed by atoms with van der Waals surface area (Å²) in [5.41, 5.74) is 0.418. The SMILES string of the molecule is CC(C)(C)C1CCC(C2NC(C(=O)O)CCS2)CC1. The highest BCUT2D eigenvalue weighted by atomic mass is 32.2. The van der Waals surface area contributed by atoms with E-state index in [1.165, 1.54) is 25.7 Å². The van der Waals surface area contributed by atoms with Crippen LogP contribution in [-0.2, 0) is 4.79 Å². The summed E-state index contributed by atoms with van der Waals surface area (Å²) < 4.78 is 0. The monoisotopic (exact) mass is 285 g/mol. The van der Waals surface area contributed by atoms with Gasteiger partial charge in [-0.3, -0.25) is 10.1 Å². The smallest absolute Gasteiger partial charge is 0.320 e. The molecule has 0 spiro atoms. The third-order valence-corrected chi connectivity index (χ3v) is 6.14. The Labute approximate surface area is 120 Å². The fourth-order valence-corrected chi connectivity index (χ4v) is 4.83. The van der Waals surface area contributed by atoms with Gasteiger partial charge in [0.25, 0.3) is 0 Å². The number of thioether (sulfide) groups is 1. The summed E-state index contributed by atoms with van der Waals surface area (Å²) in [5.74, 6) is 1.78. The van der Waals surface area contributed by atoms with Crippen molar-refractivity contribution in [1.82, 2.24) is 5.32 Å². The van der Waals surface area contributed by atoms with Gasteiger partial charge in [0.1, 0.15) is 6.04 Å². The van der Waals surface area contributed by atoms with E-state index >= 15 is 0 Å². The number of hydrogen-bond acceptors (Lipinski definition) is 3. The molecule has 2 unspecified atom stereocenters. The minimum absolute atomic E-state index is 0.327. The minimum Gasteiger partial charge on any atom is -0.480 e. The van der Waals surface area contributed by atoms with E-state index in [0.717, 1.165) is 18.1 Å². The maximum Gasteiger partial charge on any atom is 0.320 e. The highest BCUT2D eigenvalue weighted by molar-refractivity contribution is 7.99. The second-order valence-corrected chi connectivity index (χ2v) is 8.36. The lowest BCUT2D eigenvalue weighted by atomic mass is 9.70. The van der Waals surface area contributed by atoms with E-state index in [4.69, 9.17) is 5.11 Å². The van der Waals surface area contributed by atoms with Gasteiger partial charge in [0.05, 0.1) is 5.37 Å². The van der Waals surface area contributed by atoms with Crippen LogP contribution in [0.25, 0.3) is 0 Å². The molecule has 1 saturated heterocycles. The van der Waals surface area contributed by atoms with Gasteiger partial charge in [0.15, 0.2) is 0 Å². The zero-order chi connectivity index (χ0) is 14.0. The Bertz CT molecular complexity index is 319. The Morgan fingerprint density at radius 3 is 2.32 bits per heavy atom. The van der Waals surface area contributed by atoms with Gasteiger partial charge in [-0.2, -0.15) is 0 Å². The predicted octanol–water partition coefficient (Wildman–Crippen LogP) is 3.34. The van der Waals surface area contributed by atoms with Crippen LogP contribution in [0, 0.1) is 17.3 Å². The van der Waals surface area contributed by atoms with Gasteiger partial charge in [-0.15, -0.1) is 11.8 Å². The lowest BCUT2D eigenvalue weighted by Gasteiger charge is -2.41. The van der Waals surface area contributed by atoms with Crippen LogP contribution >= 0.6 is 11.8 Å². The summed E-state index contributed by atoms with van der Waals surface area (Å²) in [7, 11) is 0. The first-order chi connectivity index (χ1) is 8.88. The number of rotatable bonds is 2. The first kappa shape index (κ1) is 15.2. The van der Waals surface area contributed by atoms with Crippen LogP contribution < -0.4 is 5.32 Å². The molecule has 0 bridgehead atoms. The van der Waals surface area contributed by atoms with Crippen molar-refractivity contribution in [2.45, 2.75) is 64.3 Å². The summed E-state index contributed by atoms with van der Waals surface area (Å²) in [5, 5.41) is 12.8. The molecule has 2 rings (SSSR count). The Morgan fingerprint density at radius 2 is 1.79 bits per heavy atom. The molecule has 0 radical (unpaired) electrons. The van der Waals surface area contributed by atoms with Gasteiger partial charge in [-0.25, -0.2) is 0 Å². The topological polar surface area (TPSA) is 49.3 Å². The van der Waals surface area contributed by atoms with Crippen molar-refractivity contribution >= 4 is 17.7 Å². The van der Waals surface area contributed by atoms with Gasteiger partial charge in [0.2, 0.25) is 0 Å². The van der Waals surface area contributed by atoms with Gasteiger partial charge in [0, 0.05) is 0 Å². The van der Waals surface area contributed by atoms with E-state index in [0.29, 0.717) is 16.7 Å². The molecule has 1 aliphatic heterocycles. The molecule has 2 fully saturated rings. The van der Waals surface area contributed by atoms with Crippen molar-refractivity contribution in [3.63, 3.8) is 0 Å². The van der Waals surface area contributed by atoms with E-state index in [-0.39, 0.29) is 6.04 Å². The molecule has 2 N–H and O–H groups in total. The average Bonchev–Trinajstić information content (AvgIpc) is 2.38. The van der Waals surface area contributed by atoms with Gasteiger partial charge >= 0.3 is 5.97 Å². The maximum atomic E-state index is 11.1. The highest BCUT2D eigenvalue weighted by Gasteiger charge is 2.36. The number of nitrogens with one attached hydrogen (secondary N) is 1. The summed E-state index contributed by atoms with van der Waals surface area (Å²) in [6, 6.07) is -0.327. The van der Waals surface area contributed by atoms with E-state index in [1.807, 2.05) is 11.8 Å². The Morgan fingerprint density at radius 1 is 1.16 bits per heavy atom. The molecule has 0 aromatic heterocycles. The zero-order valence-electron chi connectivity index (χ0n) is 12.3. The summed E-state index contributed by atoms with van der Waals surface area (Å²) in [4.78, 5) is 11.1. The fraction of sp³-hybridized carbons (Fsp3) is 0.933. The summed E-state index contributed by atoms with van der Waals surface area (Å²) >= 11 is 1.93. The molecule has 110 valence electrons. The standard InChI is InChI=1S/C15H27NO2S/c1-15(2,3)11-6-4-10(5-7-11)13-16-12(14(17)18)8-9-19-13/h10-13,16H,4-9H2,1-3H3,(H,17,18). The molecule has 2 atom stereocenters. The Balaban J connectivity index is 1.86. The molecule has 3 nitrogen and oxygen atoms in total. The van der Waals surface area contributed by atoms with Crippen molar-refractivity contribution in [2.24, 2.45) is 17.3 Å². The molecular formula is C15H27NO2S. The van der Waals surface area contributed by atoms with Gasteiger partial charge in [-0.1, -0.05) is 20.8 Å². The third kappa shape index (κ3) is 3.88. The van der Waals surface area contributed by atoms with E-state index < -0.39 is 5.97 Å². The van der Waals surface area contributed by atoms with Crippen molar-refractivity contribution in [3.05, 3.63) is 0 Å². The van der Waals surface area contributed by atoms with E-state index in [9.17, 15) is 4.79 Å². The number of carboxylic acid groups (broad SMARTS) is 1. The summed E-state index contributed by atoms with van der Waals surface area (Å²) in [6.45, 7) is 7.02. The molecule has 0 aromatic rings. The zero-order valence-corrected chi connectivity index (χ0v) is 13.1. The number of aliphatic carboxylic acids is 1. The third-order valence-electron chi connectivity index (χ3n) is 4.79. The van der Waals surface area contributed by atoms with Crippen LogP contribution in [0.1, 0.15) is 52.9 Å². The quantitative estimate of drug-likeness (QED) is 0.817. The van der Waals surface area contributed by atoms with Crippen LogP contribution in [0.15, 0.2) is 0 Å². The maximum absolute atomic E-state index is 11.1. The fourth-order valence-electron chi connectivity index (χ4n) is 3.40. The Kier molecular flexibility index (Phi) is 4.83. The minimum atomic E-state index is -0.686. The normalized spacial score (nSPS) is 37.0. The molecule has 2 aliphatic rings. The van der Waals surface area contributed by atoms with Crippen molar-refractivity contribution in [3.8, 4) is 0 Å². The van der Waals surface area contributed by atoms with Crippen LogP contribution in [0.3, 0.4) is 0 Å². The predicted molar refractivity (Wildman–Crippen MR) is 80.3 cm³/mol. The van der Waals surface area contributed by atoms with Gasteiger partial charge in [-0.05, 0) is 55.1 Å².